The van der Waals surface area contributed by atoms with Gasteiger partial charge >= 0.3 is 16.3 Å². The molecule has 1 aliphatic heterocycles. The van der Waals surface area contributed by atoms with Crippen LogP contribution in [0.3, 0.4) is 0 Å². The summed E-state index contributed by atoms with van der Waals surface area (Å²) in [4.78, 5) is 30.2. The number of amides is 1. The standard InChI is InChI=1S/C31H43FN4O6S/c1-5-31(27(37)15-24-28-22(8-6-9-23(28)32)25-18-33-19-36(24)25)16-20-10-11-26(21(14-20)17-31)41-13-7-12-34-43(39,40)35-29(38)42-30(2,3)4/h6,8-9,18-21,24,26,34H,5,7,10-17H2,1-4H3,(H,35,38). The minimum atomic E-state index is -4.04. The lowest BCUT2D eigenvalue weighted by Gasteiger charge is -2.49. The van der Waals surface area contributed by atoms with Crippen molar-refractivity contribution in [2.45, 2.75) is 96.8 Å². The van der Waals surface area contributed by atoms with Crippen LogP contribution in [0.25, 0.3) is 11.3 Å². The molecule has 2 heterocycles. The van der Waals surface area contributed by atoms with Crippen LogP contribution in [0.15, 0.2) is 30.7 Å². The van der Waals surface area contributed by atoms with Gasteiger partial charge in [0.15, 0.2) is 0 Å². The Hall–Kier alpha value is -2.83. The topological polar surface area (TPSA) is 129 Å². The number of carbonyl (C=O) groups is 2. The predicted octanol–water partition coefficient (Wildman–Crippen LogP) is 5.29. The van der Waals surface area contributed by atoms with Crippen molar-refractivity contribution in [3.63, 3.8) is 0 Å². The first-order chi connectivity index (χ1) is 20.3. The van der Waals surface area contributed by atoms with Gasteiger partial charge in [-0.25, -0.2) is 18.9 Å². The molecule has 236 valence electrons. The Morgan fingerprint density at radius 3 is 2.74 bits per heavy atom. The maximum atomic E-state index is 15.0. The fraction of sp³-hybridized carbons (Fsp3) is 0.645. The van der Waals surface area contributed by atoms with Gasteiger partial charge in [0, 0.05) is 36.1 Å². The van der Waals surface area contributed by atoms with Crippen LogP contribution < -0.4 is 9.44 Å². The molecule has 1 aromatic heterocycles. The molecule has 5 unspecified atom stereocenters. The lowest BCUT2D eigenvalue weighted by molar-refractivity contribution is -0.139. The van der Waals surface area contributed by atoms with Crippen molar-refractivity contribution in [1.82, 2.24) is 19.0 Å². The van der Waals surface area contributed by atoms with Crippen LogP contribution in [-0.4, -0.2) is 54.7 Å². The van der Waals surface area contributed by atoms with E-state index in [2.05, 4.69) is 16.6 Å². The molecule has 5 atom stereocenters. The number of hydrogen-bond donors (Lipinski definition) is 2. The van der Waals surface area contributed by atoms with Crippen LogP contribution in [0.2, 0.25) is 0 Å². The number of aromatic nitrogens is 2. The average Bonchev–Trinajstić information content (AvgIpc) is 3.51. The van der Waals surface area contributed by atoms with E-state index in [-0.39, 0.29) is 36.6 Å². The van der Waals surface area contributed by atoms with Crippen molar-refractivity contribution < 1.29 is 31.9 Å². The molecule has 2 N–H and O–H groups in total. The maximum absolute atomic E-state index is 15.0. The smallest absolute Gasteiger partial charge is 0.422 e. The molecule has 2 fully saturated rings. The van der Waals surface area contributed by atoms with E-state index in [1.165, 1.54) is 6.07 Å². The molecule has 2 saturated carbocycles. The Kier molecular flexibility index (Phi) is 9.02. The molecular formula is C31H43FN4O6S. The highest BCUT2D eigenvalue weighted by molar-refractivity contribution is 7.88. The number of benzene rings is 1. The van der Waals surface area contributed by atoms with Crippen molar-refractivity contribution in [3.8, 4) is 11.3 Å². The highest BCUT2D eigenvalue weighted by Gasteiger charge is 2.49. The molecule has 1 aromatic carbocycles. The van der Waals surface area contributed by atoms with Crippen molar-refractivity contribution in [2.24, 2.45) is 17.3 Å². The summed E-state index contributed by atoms with van der Waals surface area (Å²) < 4.78 is 56.7. The number of halogens is 1. The summed E-state index contributed by atoms with van der Waals surface area (Å²) >= 11 is 0. The second-order valence-corrected chi connectivity index (χ2v) is 14.8. The highest BCUT2D eigenvalue weighted by Crippen LogP contribution is 2.53. The van der Waals surface area contributed by atoms with Crippen LogP contribution in [0.4, 0.5) is 9.18 Å². The van der Waals surface area contributed by atoms with Gasteiger partial charge in [0.1, 0.15) is 17.2 Å². The first-order valence-corrected chi connectivity index (χ1v) is 16.7. The summed E-state index contributed by atoms with van der Waals surface area (Å²) in [6.45, 7) is 7.49. The Labute approximate surface area is 253 Å². The van der Waals surface area contributed by atoms with E-state index >= 15 is 4.39 Å². The number of nitrogens with zero attached hydrogens (tertiary/aromatic N) is 2. The summed E-state index contributed by atoms with van der Waals surface area (Å²) in [5.41, 5.74) is 0.934. The van der Waals surface area contributed by atoms with E-state index in [4.69, 9.17) is 9.47 Å². The van der Waals surface area contributed by atoms with Gasteiger partial charge in [0.05, 0.1) is 30.4 Å². The Balaban J connectivity index is 1.16. The number of rotatable bonds is 11. The summed E-state index contributed by atoms with van der Waals surface area (Å²) in [6.07, 6.45) is 8.27. The number of nitrogens with one attached hydrogen (secondary N) is 2. The fourth-order valence-corrected chi connectivity index (χ4v) is 8.10. The molecular weight excluding hydrogens is 575 g/mol. The SMILES string of the molecule is CCC1(C(=O)CC2c3c(F)cccc3-c3cncn32)CC2CCC(OCCCNS(=O)(=O)NC(=O)OC(C)(C)C)C(C2)C1. The second-order valence-electron chi connectivity index (χ2n) is 13.3. The number of Topliss-reactive ketones (excluding diaryl/α,β-unsaturated/α-hetero) is 1. The zero-order valence-corrected chi connectivity index (χ0v) is 26.2. The van der Waals surface area contributed by atoms with Crippen molar-refractivity contribution >= 4 is 22.1 Å². The van der Waals surface area contributed by atoms with E-state index in [0.29, 0.717) is 24.5 Å². The average molecular weight is 619 g/mol. The van der Waals surface area contributed by atoms with Gasteiger partial charge in [-0.1, -0.05) is 19.1 Å². The fourth-order valence-electron chi connectivity index (χ4n) is 7.35. The Morgan fingerprint density at radius 2 is 2.00 bits per heavy atom. The molecule has 3 aliphatic rings. The quantitative estimate of drug-likeness (QED) is 0.328. The highest BCUT2D eigenvalue weighted by atomic mass is 32.2. The maximum Gasteiger partial charge on any atom is 0.422 e. The normalized spacial score (nSPS) is 26.4. The second kappa shape index (κ2) is 12.3. The van der Waals surface area contributed by atoms with E-state index in [1.807, 2.05) is 15.4 Å². The zero-order chi connectivity index (χ0) is 31.0. The van der Waals surface area contributed by atoms with Crippen molar-refractivity contribution in [3.05, 3.63) is 42.1 Å². The van der Waals surface area contributed by atoms with Crippen LogP contribution in [-0.2, 0) is 24.5 Å². The molecule has 1 amide bonds. The van der Waals surface area contributed by atoms with Gasteiger partial charge in [-0.3, -0.25) is 4.79 Å². The molecule has 0 spiro atoms. The largest absolute Gasteiger partial charge is 0.443 e. The molecule has 0 saturated heterocycles. The number of ketones is 1. The minimum Gasteiger partial charge on any atom is -0.443 e. The third-order valence-electron chi connectivity index (χ3n) is 9.23. The van der Waals surface area contributed by atoms with E-state index in [1.54, 1.807) is 39.4 Å². The summed E-state index contributed by atoms with van der Waals surface area (Å²) in [5.74, 6) is 0.572. The molecule has 10 nitrogen and oxygen atoms in total. The van der Waals surface area contributed by atoms with Gasteiger partial charge < -0.3 is 14.0 Å². The summed E-state index contributed by atoms with van der Waals surface area (Å²) in [7, 11) is -4.04. The van der Waals surface area contributed by atoms with E-state index < -0.39 is 33.4 Å². The molecule has 12 heteroatoms. The number of imidazole rings is 1. The first-order valence-electron chi connectivity index (χ1n) is 15.3. The number of carbonyl (C=O) groups excluding carboxylic acids is 2. The molecule has 0 radical (unpaired) electrons. The van der Waals surface area contributed by atoms with Gasteiger partial charge in [-0.15, -0.1) is 0 Å². The number of fused-ring (bicyclic) bond motifs is 5. The van der Waals surface area contributed by atoms with Crippen LogP contribution >= 0.6 is 0 Å². The molecule has 5 rings (SSSR count). The first kappa shape index (κ1) is 31.6. The van der Waals surface area contributed by atoms with Crippen LogP contribution in [0, 0.1) is 23.1 Å². The summed E-state index contributed by atoms with van der Waals surface area (Å²) in [6, 6.07) is 4.65. The summed E-state index contributed by atoms with van der Waals surface area (Å²) in [5, 5.41) is 0. The predicted molar refractivity (Wildman–Crippen MR) is 159 cm³/mol. The molecule has 2 aromatic rings. The minimum absolute atomic E-state index is 0.00308. The third kappa shape index (κ3) is 6.96. The number of ether oxygens (including phenoxy) is 2. The van der Waals surface area contributed by atoms with Crippen molar-refractivity contribution in [1.29, 1.82) is 0 Å². The third-order valence-corrected chi connectivity index (χ3v) is 10.2. The lowest BCUT2D eigenvalue weighted by atomic mass is 9.57. The van der Waals surface area contributed by atoms with Crippen LogP contribution in [0.1, 0.15) is 90.7 Å². The lowest BCUT2D eigenvalue weighted by Crippen LogP contribution is -2.46. The monoisotopic (exact) mass is 618 g/mol. The van der Waals surface area contributed by atoms with E-state index in [0.717, 1.165) is 49.8 Å². The molecule has 43 heavy (non-hydrogen) atoms. The molecule has 2 bridgehead atoms. The van der Waals surface area contributed by atoms with Crippen molar-refractivity contribution in [2.75, 3.05) is 13.2 Å². The van der Waals surface area contributed by atoms with Gasteiger partial charge in [-0.05, 0) is 83.6 Å². The Morgan fingerprint density at radius 1 is 1.21 bits per heavy atom. The number of hydrogen-bond acceptors (Lipinski definition) is 7. The van der Waals surface area contributed by atoms with E-state index in [9.17, 15) is 18.0 Å². The zero-order valence-electron chi connectivity index (χ0n) is 25.4. The van der Waals surface area contributed by atoms with Crippen LogP contribution in [0.5, 0.6) is 0 Å². The van der Waals surface area contributed by atoms with Gasteiger partial charge in [0.25, 0.3) is 0 Å². The molecule has 2 aliphatic carbocycles. The Bertz CT molecular complexity index is 1450. The van der Waals surface area contributed by atoms with Gasteiger partial charge in [-0.2, -0.15) is 13.1 Å². The van der Waals surface area contributed by atoms with Gasteiger partial charge in [0.2, 0.25) is 0 Å².